The molecule has 0 saturated heterocycles. The molecule has 0 rings (SSSR count). The molecule has 2 atom stereocenters. The molecule has 3 N–H and O–H groups in total. The van der Waals surface area contributed by atoms with Crippen LogP contribution in [0.1, 0.15) is 457 Å². The van der Waals surface area contributed by atoms with Crippen LogP contribution in [-0.2, 0) is 14.3 Å². The Morgan fingerprint density at radius 2 is 0.553 bits per heavy atom. The standard InChI is InChI=1S/C79H155NO5/c1-3-5-7-9-11-13-15-17-19-21-22-23-34-37-40-43-47-51-55-59-63-67-71-77(82)76(75-81)80-78(83)72-68-64-60-56-52-48-44-41-38-35-32-30-28-26-24-25-27-29-31-33-36-39-42-46-50-54-58-62-66-70-74-85-79(84)73-69-65-61-57-53-49-45-20-18-16-14-12-10-8-6-4-2/h20,45,76-77,81-82H,3-19,21-44,46-75H2,1-2H3,(H,80,83)/b45-20-. The molecule has 506 valence electrons. The zero-order chi connectivity index (χ0) is 61.3. The van der Waals surface area contributed by atoms with Gasteiger partial charge < -0.3 is 20.3 Å². The average molecular weight is 1200 g/mol. The normalized spacial score (nSPS) is 12.5. The Morgan fingerprint density at radius 1 is 0.318 bits per heavy atom. The summed E-state index contributed by atoms with van der Waals surface area (Å²) < 4.78 is 5.50. The smallest absolute Gasteiger partial charge is 0.305 e. The van der Waals surface area contributed by atoms with E-state index in [-0.39, 0.29) is 18.5 Å². The molecule has 0 aromatic heterocycles. The highest BCUT2D eigenvalue weighted by Crippen LogP contribution is 2.20. The molecule has 2 unspecified atom stereocenters. The number of esters is 1. The fraction of sp³-hybridized carbons (Fsp3) is 0.949. The Labute approximate surface area is 533 Å². The first-order valence-electron chi connectivity index (χ1n) is 39.4. The lowest BCUT2D eigenvalue weighted by molar-refractivity contribution is -0.143. The van der Waals surface area contributed by atoms with Crippen LogP contribution in [0.2, 0.25) is 0 Å². The maximum absolute atomic E-state index is 12.6. The molecule has 0 aliphatic carbocycles. The SMILES string of the molecule is CCCCCCCCC/C=C\CCCCCCCC(=O)OCCCCCCCCCCCCCCCCCCCCCCCCCCCCCCCCC(=O)NC(CO)C(O)CCCCCCCCCCCCCCCCCCCCCCCC. The van der Waals surface area contributed by atoms with Gasteiger partial charge in [0.1, 0.15) is 0 Å². The van der Waals surface area contributed by atoms with Gasteiger partial charge in [0.25, 0.3) is 0 Å². The van der Waals surface area contributed by atoms with Crippen molar-refractivity contribution in [3.63, 3.8) is 0 Å². The molecular weight excluding hydrogens is 1040 g/mol. The molecule has 6 nitrogen and oxygen atoms in total. The van der Waals surface area contributed by atoms with Gasteiger partial charge in [0.15, 0.2) is 0 Å². The average Bonchev–Trinajstić information content (AvgIpc) is 3.51. The molecule has 0 aromatic carbocycles. The molecule has 0 heterocycles. The van der Waals surface area contributed by atoms with Crippen molar-refractivity contribution in [2.24, 2.45) is 0 Å². The van der Waals surface area contributed by atoms with Crippen molar-refractivity contribution >= 4 is 11.9 Å². The Balaban J connectivity index is 3.33. The first-order valence-corrected chi connectivity index (χ1v) is 39.4. The molecular formula is C79H155NO5. The monoisotopic (exact) mass is 1200 g/mol. The van der Waals surface area contributed by atoms with Gasteiger partial charge in [-0.15, -0.1) is 0 Å². The third-order valence-electron chi connectivity index (χ3n) is 18.8. The number of nitrogens with one attached hydrogen (secondary N) is 1. The zero-order valence-corrected chi connectivity index (χ0v) is 58.1. The van der Waals surface area contributed by atoms with Crippen LogP contribution >= 0.6 is 0 Å². The molecule has 0 fully saturated rings. The van der Waals surface area contributed by atoms with Crippen LogP contribution in [0.3, 0.4) is 0 Å². The summed E-state index contributed by atoms with van der Waals surface area (Å²) in [7, 11) is 0. The third kappa shape index (κ3) is 71.6. The predicted molar refractivity (Wildman–Crippen MR) is 375 cm³/mol. The van der Waals surface area contributed by atoms with Crippen molar-refractivity contribution in [1.29, 1.82) is 0 Å². The van der Waals surface area contributed by atoms with E-state index in [1.54, 1.807) is 0 Å². The highest BCUT2D eigenvalue weighted by molar-refractivity contribution is 5.76. The highest BCUT2D eigenvalue weighted by atomic mass is 16.5. The van der Waals surface area contributed by atoms with Gasteiger partial charge in [-0.25, -0.2) is 0 Å². The number of aliphatic hydroxyl groups excluding tert-OH is 2. The first kappa shape index (κ1) is 83.6. The highest BCUT2D eigenvalue weighted by Gasteiger charge is 2.20. The van der Waals surface area contributed by atoms with E-state index in [4.69, 9.17) is 4.74 Å². The molecule has 85 heavy (non-hydrogen) atoms. The van der Waals surface area contributed by atoms with Crippen molar-refractivity contribution in [3.05, 3.63) is 12.2 Å². The van der Waals surface area contributed by atoms with Crippen LogP contribution in [0.25, 0.3) is 0 Å². The summed E-state index contributed by atoms with van der Waals surface area (Å²) in [6.45, 7) is 5.00. The van der Waals surface area contributed by atoms with Gasteiger partial charge in [0.2, 0.25) is 5.91 Å². The second kappa shape index (κ2) is 75.1. The summed E-state index contributed by atoms with van der Waals surface area (Å²) in [5, 5.41) is 23.5. The van der Waals surface area contributed by atoms with Crippen LogP contribution in [0, 0.1) is 0 Å². The second-order valence-electron chi connectivity index (χ2n) is 27.4. The van der Waals surface area contributed by atoms with E-state index in [9.17, 15) is 19.8 Å². The number of aliphatic hydroxyl groups is 2. The largest absolute Gasteiger partial charge is 0.466 e. The molecule has 0 aliphatic heterocycles. The quantitative estimate of drug-likeness (QED) is 0.0320. The molecule has 0 saturated carbocycles. The number of allylic oxidation sites excluding steroid dienone is 2. The van der Waals surface area contributed by atoms with Gasteiger partial charge in [0, 0.05) is 12.8 Å². The van der Waals surface area contributed by atoms with E-state index in [0.29, 0.717) is 25.9 Å². The van der Waals surface area contributed by atoms with Crippen LogP contribution in [0.4, 0.5) is 0 Å². The van der Waals surface area contributed by atoms with E-state index < -0.39 is 12.1 Å². The fourth-order valence-corrected chi connectivity index (χ4v) is 12.8. The van der Waals surface area contributed by atoms with E-state index in [0.717, 1.165) is 44.9 Å². The number of hydrogen-bond donors (Lipinski definition) is 3. The molecule has 0 bridgehead atoms. The maximum atomic E-state index is 12.6. The second-order valence-corrected chi connectivity index (χ2v) is 27.4. The lowest BCUT2D eigenvalue weighted by atomic mass is 10.0. The number of hydrogen-bond acceptors (Lipinski definition) is 5. The van der Waals surface area contributed by atoms with Crippen LogP contribution in [-0.4, -0.2) is 47.4 Å². The molecule has 6 heteroatoms. The van der Waals surface area contributed by atoms with Crippen molar-refractivity contribution in [2.75, 3.05) is 13.2 Å². The molecule has 0 spiro atoms. The molecule has 0 radical (unpaired) electrons. The van der Waals surface area contributed by atoms with Gasteiger partial charge in [-0.3, -0.25) is 9.59 Å². The topological polar surface area (TPSA) is 95.9 Å². The lowest BCUT2D eigenvalue weighted by Gasteiger charge is -2.22. The minimum Gasteiger partial charge on any atom is -0.466 e. The van der Waals surface area contributed by atoms with Crippen LogP contribution < -0.4 is 5.32 Å². The van der Waals surface area contributed by atoms with Crippen molar-refractivity contribution in [2.45, 2.75) is 469 Å². The molecule has 1 amide bonds. The van der Waals surface area contributed by atoms with Crippen LogP contribution in [0.15, 0.2) is 12.2 Å². The number of unbranched alkanes of at least 4 members (excludes halogenated alkanes) is 62. The van der Waals surface area contributed by atoms with Gasteiger partial charge in [0.05, 0.1) is 25.4 Å². The lowest BCUT2D eigenvalue weighted by Crippen LogP contribution is -2.45. The predicted octanol–water partition coefficient (Wildman–Crippen LogP) is 25.9. The van der Waals surface area contributed by atoms with Gasteiger partial charge in [-0.1, -0.05) is 405 Å². The molecule has 0 aliphatic rings. The minimum atomic E-state index is -0.662. The van der Waals surface area contributed by atoms with Gasteiger partial charge in [-0.2, -0.15) is 0 Å². The zero-order valence-electron chi connectivity index (χ0n) is 58.1. The Kier molecular flexibility index (Phi) is 73.8. The summed E-state index contributed by atoms with van der Waals surface area (Å²) in [5.74, 6) is -0.0112. The van der Waals surface area contributed by atoms with Crippen LogP contribution in [0.5, 0.6) is 0 Å². The summed E-state index contributed by atoms with van der Waals surface area (Å²) in [4.78, 5) is 24.7. The number of rotatable bonds is 75. The number of amides is 1. The fourth-order valence-electron chi connectivity index (χ4n) is 12.8. The van der Waals surface area contributed by atoms with Gasteiger partial charge >= 0.3 is 5.97 Å². The first-order chi connectivity index (χ1) is 42.0. The van der Waals surface area contributed by atoms with E-state index in [1.165, 1.54) is 379 Å². The summed E-state index contributed by atoms with van der Waals surface area (Å²) in [6.07, 6.45) is 94.4. The van der Waals surface area contributed by atoms with E-state index in [2.05, 4.69) is 31.3 Å². The third-order valence-corrected chi connectivity index (χ3v) is 18.8. The molecule has 0 aromatic rings. The van der Waals surface area contributed by atoms with Crippen molar-refractivity contribution in [3.8, 4) is 0 Å². The number of carbonyl (C=O) groups excluding carboxylic acids is 2. The minimum absolute atomic E-state index is 0.0140. The van der Waals surface area contributed by atoms with Crippen molar-refractivity contribution in [1.82, 2.24) is 5.32 Å². The Morgan fingerprint density at radius 3 is 0.835 bits per heavy atom. The summed E-state index contributed by atoms with van der Waals surface area (Å²) >= 11 is 0. The maximum Gasteiger partial charge on any atom is 0.305 e. The summed E-state index contributed by atoms with van der Waals surface area (Å²) in [5.41, 5.74) is 0. The Bertz CT molecular complexity index is 1290. The van der Waals surface area contributed by atoms with Gasteiger partial charge in [-0.05, 0) is 51.4 Å². The Hall–Kier alpha value is -1.40. The van der Waals surface area contributed by atoms with E-state index in [1.807, 2.05) is 0 Å². The van der Waals surface area contributed by atoms with Crippen molar-refractivity contribution < 1.29 is 24.5 Å². The summed E-state index contributed by atoms with van der Waals surface area (Å²) in [6, 6.07) is -0.539. The van der Waals surface area contributed by atoms with E-state index >= 15 is 0 Å². The number of carbonyl (C=O) groups is 2. The number of ether oxygens (including phenoxy) is 1.